The Hall–Kier alpha value is -2.71. The lowest BCUT2D eigenvalue weighted by molar-refractivity contribution is -0.137. The third-order valence-corrected chi connectivity index (χ3v) is 5.16. The quantitative estimate of drug-likeness (QED) is 0.283. The minimum absolute atomic E-state index is 0.423. The first-order valence-corrected chi connectivity index (χ1v) is 10.2. The molecule has 0 fully saturated rings. The fraction of sp³-hybridized carbons (Fsp3) is 0.333. The van der Waals surface area contributed by atoms with Crippen LogP contribution in [-0.4, -0.2) is 29.7 Å². The maximum absolute atomic E-state index is 13.6. The third-order valence-electron chi connectivity index (χ3n) is 5.16. The summed E-state index contributed by atoms with van der Waals surface area (Å²) in [6, 6.07) is 12.8. The van der Waals surface area contributed by atoms with Gasteiger partial charge in [0.25, 0.3) is 0 Å². The van der Waals surface area contributed by atoms with Crippen LogP contribution < -0.4 is 0 Å². The van der Waals surface area contributed by atoms with Crippen LogP contribution in [0.4, 0.5) is 22.0 Å². The number of nitrogens with zero attached hydrogens (tertiary/aromatic N) is 2. The first-order valence-electron chi connectivity index (χ1n) is 10.2. The summed E-state index contributed by atoms with van der Waals surface area (Å²) in [4.78, 5) is 2.10. The summed E-state index contributed by atoms with van der Waals surface area (Å²) in [7, 11) is 1.62. The molecule has 172 valence electrons. The Labute approximate surface area is 184 Å². The average molecular weight is 452 g/mol. The number of aromatic nitrogens is 1. The smallest absolute Gasteiger partial charge is 0.385 e. The normalized spacial score (nSPS) is 12.0. The van der Waals surface area contributed by atoms with Crippen LogP contribution in [0, 0.1) is 11.6 Å². The molecule has 0 bridgehead atoms. The van der Waals surface area contributed by atoms with Crippen molar-refractivity contribution in [2.45, 2.75) is 32.2 Å². The number of rotatable bonds is 10. The van der Waals surface area contributed by atoms with Crippen LogP contribution >= 0.6 is 0 Å². The maximum atomic E-state index is 13.6. The Balaban J connectivity index is 1.72. The maximum Gasteiger partial charge on any atom is 0.416 e. The summed E-state index contributed by atoms with van der Waals surface area (Å²) in [5.41, 5.74) is 1.69. The van der Waals surface area contributed by atoms with Crippen molar-refractivity contribution in [3.63, 3.8) is 0 Å². The van der Waals surface area contributed by atoms with E-state index in [9.17, 15) is 22.0 Å². The molecule has 8 heteroatoms. The molecule has 3 aromatic rings. The van der Waals surface area contributed by atoms with Crippen LogP contribution in [0.25, 0.3) is 0 Å². The van der Waals surface area contributed by atoms with Gasteiger partial charge in [0.15, 0.2) is 11.6 Å². The van der Waals surface area contributed by atoms with Gasteiger partial charge >= 0.3 is 6.18 Å². The Bertz CT molecular complexity index is 998. The van der Waals surface area contributed by atoms with Gasteiger partial charge in [-0.3, -0.25) is 4.90 Å². The molecule has 0 aliphatic carbocycles. The first-order chi connectivity index (χ1) is 15.3. The molecule has 32 heavy (non-hydrogen) atoms. The van der Waals surface area contributed by atoms with E-state index in [1.165, 1.54) is 18.2 Å². The lowest BCUT2D eigenvalue weighted by Gasteiger charge is -2.23. The molecule has 0 amide bonds. The van der Waals surface area contributed by atoms with Crippen molar-refractivity contribution in [2.75, 3.05) is 20.3 Å². The van der Waals surface area contributed by atoms with Gasteiger partial charge in [-0.1, -0.05) is 18.2 Å². The van der Waals surface area contributed by atoms with E-state index >= 15 is 0 Å². The summed E-state index contributed by atoms with van der Waals surface area (Å²) in [6.07, 6.45) is -1.72. The standard InChI is InChI=1S/C24H25F5N2O/c1-32-13-3-11-30(15-19-7-10-22(25)23(26)14-19)17-21-4-2-12-31(21)16-18-5-8-20(9-6-18)24(27,28)29/h2,4-10,12,14H,3,11,13,15-17H2,1H3. The van der Waals surface area contributed by atoms with Gasteiger partial charge in [0, 0.05) is 51.8 Å². The number of methoxy groups -OCH3 is 1. The predicted molar refractivity (Wildman–Crippen MR) is 112 cm³/mol. The number of hydrogen-bond donors (Lipinski definition) is 0. The number of benzene rings is 2. The van der Waals surface area contributed by atoms with Crippen molar-refractivity contribution in [1.29, 1.82) is 0 Å². The van der Waals surface area contributed by atoms with Gasteiger partial charge < -0.3 is 9.30 Å². The molecule has 0 atom stereocenters. The van der Waals surface area contributed by atoms with Crippen LogP contribution in [0.15, 0.2) is 60.8 Å². The van der Waals surface area contributed by atoms with Crippen molar-refractivity contribution in [2.24, 2.45) is 0 Å². The minimum atomic E-state index is -4.36. The molecule has 0 unspecified atom stereocenters. The first kappa shape index (κ1) is 23.9. The highest BCUT2D eigenvalue weighted by Gasteiger charge is 2.29. The van der Waals surface area contributed by atoms with Crippen LogP contribution in [0.3, 0.4) is 0 Å². The van der Waals surface area contributed by atoms with Crippen molar-refractivity contribution in [3.05, 3.63) is 94.8 Å². The van der Waals surface area contributed by atoms with E-state index < -0.39 is 23.4 Å². The number of hydrogen-bond acceptors (Lipinski definition) is 2. The lowest BCUT2D eigenvalue weighted by Crippen LogP contribution is -2.26. The van der Waals surface area contributed by atoms with Crippen molar-refractivity contribution < 1.29 is 26.7 Å². The molecule has 2 aromatic carbocycles. The highest BCUT2D eigenvalue weighted by atomic mass is 19.4. The number of halogens is 5. The topological polar surface area (TPSA) is 17.4 Å². The molecule has 0 N–H and O–H groups in total. The highest BCUT2D eigenvalue weighted by molar-refractivity contribution is 5.25. The van der Waals surface area contributed by atoms with Crippen LogP contribution in [0.1, 0.15) is 28.8 Å². The SMILES string of the molecule is COCCCN(Cc1ccc(F)c(F)c1)Cc1cccn1Cc1ccc(C(F)(F)F)cc1. The van der Waals surface area contributed by atoms with E-state index in [0.717, 1.165) is 35.9 Å². The fourth-order valence-corrected chi connectivity index (χ4v) is 3.51. The molecule has 1 heterocycles. The second kappa shape index (κ2) is 10.7. The Morgan fingerprint density at radius 1 is 0.906 bits per heavy atom. The Kier molecular flexibility index (Phi) is 8.04. The van der Waals surface area contributed by atoms with E-state index in [2.05, 4.69) is 4.90 Å². The predicted octanol–water partition coefficient (Wildman–Crippen LogP) is 5.87. The van der Waals surface area contributed by atoms with Gasteiger partial charge in [0.1, 0.15) is 0 Å². The molecular formula is C24H25F5N2O. The monoisotopic (exact) mass is 452 g/mol. The number of alkyl halides is 3. The molecule has 0 aliphatic rings. The summed E-state index contributed by atoms with van der Waals surface area (Å²) < 4.78 is 72.4. The van der Waals surface area contributed by atoms with E-state index in [4.69, 9.17) is 4.74 Å². The fourth-order valence-electron chi connectivity index (χ4n) is 3.51. The second-order valence-electron chi connectivity index (χ2n) is 7.63. The summed E-state index contributed by atoms with van der Waals surface area (Å²) >= 11 is 0. The third kappa shape index (κ3) is 6.64. The highest BCUT2D eigenvalue weighted by Crippen LogP contribution is 2.29. The van der Waals surface area contributed by atoms with Gasteiger partial charge in [-0.15, -0.1) is 0 Å². The Morgan fingerprint density at radius 2 is 1.62 bits per heavy atom. The van der Waals surface area contributed by atoms with Crippen molar-refractivity contribution in [1.82, 2.24) is 9.47 Å². The van der Waals surface area contributed by atoms with Crippen LogP contribution in [0.2, 0.25) is 0 Å². The van der Waals surface area contributed by atoms with Gasteiger partial charge in [-0.2, -0.15) is 13.2 Å². The van der Waals surface area contributed by atoms with Gasteiger partial charge in [-0.05, 0) is 53.9 Å². The summed E-state index contributed by atoms with van der Waals surface area (Å²) in [5.74, 6) is -1.77. The second-order valence-corrected chi connectivity index (χ2v) is 7.63. The molecule has 0 saturated carbocycles. The molecule has 0 aliphatic heterocycles. The zero-order valence-corrected chi connectivity index (χ0v) is 17.7. The van der Waals surface area contributed by atoms with Crippen molar-refractivity contribution in [3.8, 4) is 0 Å². The lowest BCUT2D eigenvalue weighted by atomic mass is 10.1. The zero-order valence-electron chi connectivity index (χ0n) is 17.7. The van der Waals surface area contributed by atoms with Gasteiger partial charge in [-0.25, -0.2) is 8.78 Å². The molecule has 3 rings (SSSR count). The average Bonchev–Trinajstić information content (AvgIpc) is 3.17. The minimum Gasteiger partial charge on any atom is -0.385 e. The number of ether oxygens (including phenoxy) is 1. The van der Waals surface area contributed by atoms with E-state index in [0.29, 0.717) is 38.3 Å². The Morgan fingerprint density at radius 3 is 2.28 bits per heavy atom. The van der Waals surface area contributed by atoms with Crippen molar-refractivity contribution >= 4 is 0 Å². The molecule has 3 nitrogen and oxygen atoms in total. The molecular weight excluding hydrogens is 427 g/mol. The molecule has 1 aromatic heterocycles. The van der Waals surface area contributed by atoms with E-state index in [-0.39, 0.29) is 0 Å². The van der Waals surface area contributed by atoms with E-state index in [1.807, 2.05) is 22.9 Å². The summed E-state index contributed by atoms with van der Waals surface area (Å²) in [5, 5.41) is 0. The van der Waals surface area contributed by atoms with Crippen LogP contribution in [0.5, 0.6) is 0 Å². The molecule has 0 radical (unpaired) electrons. The van der Waals surface area contributed by atoms with Crippen LogP contribution in [-0.2, 0) is 30.5 Å². The summed E-state index contributed by atoms with van der Waals surface area (Å²) in [6.45, 7) is 2.64. The molecule has 0 spiro atoms. The zero-order chi connectivity index (χ0) is 23.1. The molecule has 0 saturated heterocycles. The largest absolute Gasteiger partial charge is 0.416 e. The van der Waals surface area contributed by atoms with Gasteiger partial charge in [0.2, 0.25) is 0 Å². The van der Waals surface area contributed by atoms with Gasteiger partial charge in [0.05, 0.1) is 5.56 Å². The van der Waals surface area contributed by atoms with E-state index in [1.54, 1.807) is 13.2 Å².